The SMILES string of the molecule is CCNC(=O)c1ccc(C)c(NCc2occc2C)c1. The van der Waals surface area contributed by atoms with Gasteiger partial charge in [0.25, 0.3) is 5.91 Å². The third-order valence-electron chi connectivity index (χ3n) is 3.24. The Labute approximate surface area is 119 Å². The second-order valence-electron chi connectivity index (χ2n) is 4.77. The predicted octanol–water partition coefficient (Wildman–Crippen LogP) is 3.26. The maximum Gasteiger partial charge on any atom is 0.251 e. The van der Waals surface area contributed by atoms with Crippen LogP contribution >= 0.6 is 0 Å². The minimum absolute atomic E-state index is 0.0512. The zero-order chi connectivity index (χ0) is 14.5. The first kappa shape index (κ1) is 14.2. The van der Waals surface area contributed by atoms with Crippen LogP contribution in [0.15, 0.2) is 34.9 Å². The molecule has 0 spiro atoms. The van der Waals surface area contributed by atoms with Gasteiger partial charge in [0.05, 0.1) is 12.8 Å². The lowest BCUT2D eigenvalue weighted by molar-refractivity contribution is 0.0956. The van der Waals surface area contributed by atoms with Crippen molar-refractivity contribution in [1.29, 1.82) is 0 Å². The lowest BCUT2D eigenvalue weighted by Crippen LogP contribution is -2.22. The second-order valence-corrected chi connectivity index (χ2v) is 4.77. The van der Waals surface area contributed by atoms with E-state index in [9.17, 15) is 4.79 Å². The summed E-state index contributed by atoms with van der Waals surface area (Å²) in [6.45, 7) is 7.17. The van der Waals surface area contributed by atoms with Gasteiger partial charge in [-0.2, -0.15) is 0 Å². The summed E-state index contributed by atoms with van der Waals surface area (Å²) in [5.41, 5.74) is 3.83. The first-order valence-electron chi connectivity index (χ1n) is 6.77. The number of hydrogen-bond donors (Lipinski definition) is 2. The average molecular weight is 272 g/mol. The minimum Gasteiger partial charge on any atom is -0.467 e. The lowest BCUT2D eigenvalue weighted by atomic mass is 10.1. The molecule has 0 bridgehead atoms. The van der Waals surface area contributed by atoms with Crippen LogP contribution in [0.25, 0.3) is 0 Å². The Morgan fingerprint density at radius 3 is 2.65 bits per heavy atom. The van der Waals surface area contributed by atoms with Crippen LogP contribution in [0, 0.1) is 13.8 Å². The van der Waals surface area contributed by atoms with Crippen LogP contribution in [-0.2, 0) is 6.54 Å². The van der Waals surface area contributed by atoms with Crippen molar-refractivity contribution in [2.24, 2.45) is 0 Å². The Kier molecular flexibility index (Phi) is 4.45. The van der Waals surface area contributed by atoms with Crippen molar-refractivity contribution in [3.8, 4) is 0 Å². The van der Waals surface area contributed by atoms with Gasteiger partial charge in [0.2, 0.25) is 0 Å². The quantitative estimate of drug-likeness (QED) is 0.878. The standard InChI is InChI=1S/C16H20N2O2/c1-4-17-16(19)13-6-5-11(2)14(9-13)18-10-15-12(3)7-8-20-15/h5-9,18H,4,10H2,1-3H3,(H,17,19). The number of nitrogens with one attached hydrogen (secondary N) is 2. The van der Waals surface area contributed by atoms with Gasteiger partial charge >= 0.3 is 0 Å². The van der Waals surface area contributed by atoms with E-state index in [0.717, 1.165) is 22.6 Å². The molecule has 2 rings (SSSR count). The van der Waals surface area contributed by atoms with Gasteiger partial charge in [-0.05, 0) is 50.1 Å². The molecule has 0 saturated heterocycles. The largest absolute Gasteiger partial charge is 0.467 e. The molecule has 1 amide bonds. The van der Waals surface area contributed by atoms with Gasteiger partial charge in [-0.1, -0.05) is 6.07 Å². The number of aryl methyl sites for hydroxylation is 2. The molecular formula is C16H20N2O2. The molecule has 1 aromatic carbocycles. The van der Waals surface area contributed by atoms with Crippen molar-refractivity contribution in [1.82, 2.24) is 5.32 Å². The Morgan fingerprint density at radius 2 is 2.00 bits per heavy atom. The third-order valence-corrected chi connectivity index (χ3v) is 3.24. The van der Waals surface area contributed by atoms with Crippen LogP contribution in [0.3, 0.4) is 0 Å². The fourth-order valence-corrected chi connectivity index (χ4v) is 1.98. The average Bonchev–Trinajstić information content (AvgIpc) is 2.83. The maximum atomic E-state index is 11.8. The molecule has 0 radical (unpaired) electrons. The fraction of sp³-hybridized carbons (Fsp3) is 0.312. The van der Waals surface area contributed by atoms with E-state index in [2.05, 4.69) is 10.6 Å². The van der Waals surface area contributed by atoms with E-state index in [4.69, 9.17) is 4.42 Å². The van der Waals surface area contributed by atoms with Crippen molar-refractivity contribution < 1.29 is 9.21 Å². The van der Waals surface area contributed by atoms with Crippen LogP contribution in [0.2, 0.25) is 0 Å². The van der Waals surface area contributed by atoms with E-state index in [1.54, 1.807) is 6.26 Å². The number of carbonyl (C=O) groups excluding carboxylic acids is 1. The highest BCUT2D eigenvalue weighted by molar-refractivity contribution is 5.95. The Hall–Kier alpha value is -2.23. The molecule has 0 unspecified atom stereocenters. The molecule has 0 atom stereocenters. The van der Waals surface area contributed by atoms with Gasteiger partial charge in [-0.3, -0.25) is 4.79 Å². The number of anilines is 1. The summed E-state index contributed by atoms with van der Waals surface area (Å²) < 4.78 is 5.40. The third kappa shape index (κ3) is 3.20. The molecule has 0 fully saturated rings. The van der Waals surface area contributed by atoms with Crippen LogP contribution in [0.4, 0.5) is 5.69 Å². The number of furan rings is 1. The zero-order valence-corrected chi connectivity index (χ0v) is 12.1. The highest BCUT2D eigenvalue weighted by Gasteiger charge is 2.08. The van der Waals surface area contributed by atoms with Crippen molar-refractivity contribution >= 4 is 11.6 Å². The van der Waals surface area contributed by atoms with Gasteiger partial charge in [0.1, 0.15) is 5.76 Å². The van der Waals surface area contributed by atoms with Gasteiger partial charge < -0.3 is 15.1 Å². The first-order valence-corrected chi connectivity index (χ1v) is 6.77. The maximum absolute atomic E-state index is 11.8. The summed E-state index contributed by atoms with van der Waals surface area (Å²) in [6, 6.07) is 7.60. The van der Waals surface area contributed by atoms with Crippen LogP contribution < -0.4 is 10.6 Å². The highest BCUT2D eigenvalue weighted by atomic mass is 16.3. The summed E-state index contributed by atoms with van der Waals surface area (Å²) in [6.07, 6.45) is 1.68. The first-order chi connectivity index (χ1) is 9.61. The molecule has 0 aliphatic rings. The highest BCUT2D eigenvalue weighted by Crippen LogP contribution is 2.19. The summed E-state index contributed by atoms with van der Waals surface area (Å²) >= 11 is 0. The van der Waals surface area contributed by atoms with E-state index >= 15 is 0 Å². The summed E-state index contributed by atoms with van der Waals surface area (Å²) in [5, 5.41) is 6.12. The molecule has 4 nitrogen and oxygen atoms in total. The van der Waals surface area contributed by atoms with Gasteiger partial charge in [0.15, 0.2) is 0 Å². The van der Waals surface area contributed by atoms with E-state index in [-0.39, 0.29) is 5.91 Å². The van der Waals surface area contributed by atoms with Crippen molar-refractivity contribution in [3.05, 3.63) is 53.0 Å². The van der Waals surface area contributed by atoms with Gasteiger partial charge in [-0.15, -0.1) is 0 Å². The van der Waals surface area contributed by atoms with Crippen LogP contribution in [-0.4, -0.2) is 12.5 Å². The lowest BCUT2D eigenvalue weighted by Gasteiger charge is -2.11. The number of benzene rings is 1. The number of hydrogen-bond acceptors (Lipinski definition) is 3. The molecule has 4 heteroatoms. The second kappa shape index (κ2) is 6.28. The predicted molar refractivity (Wildman–Crippen MR) is 80.0 cm³/mol. The molecule has 2 N–H and O–H groups in total. The molecule has 1 heterocycles. The molecule has 0 saturated carbocycles. The molecule has 0 aliphatic heterocycles. The molecular weight excluding hydrogens is 252 g/mol. The summed E-state index contributed by atoms with van der Waals surface area (Å²) in [4.78, 5) is 11.8. The van der Waals surface area contributed by atoms with E-state index < -0.39 is 0 Å². The Bertz CT molecular complexity index is 602. The van der Waals surface area contributed by atoms with Gasteiger partial charge in [-0.25, -0.2) is 0 Å². The Balaban J connectivity index is 2.12. The van der Waals surface area contributed by atoms with Crippen molar-refractivity contribution in [2.75, 3.05) is 11.9 Å². The molecule has 0 aliphatic carbocycles. The van der Waals surface area contributed by atoms with E-state index in [1.165, 1.54) is 0 Å². The minimum atomic E-state index is -0.0512. The number of amides is 1. The summed E-state index contributed by atoms with van der Waals surface area (Å²) in [5.74, 6) is 0.859. The number of rotatable bonds is 5. The molecule has 20 heavy (non-hydrogen) atoms. The normalized spacial score (nSPS) is 10.3. The van der Waals surface area contributed by atoms with Gasteiger partial charge in [0, 0.05) is 17.8 Å². The number of carbonyl (C=O) groups is 1. The zero-order valence-electron chi connectivity index (χ0n) is 12.1. The molecule has 106 valence electrons. The topological polar surface area (TPSA) is 54.3 Å². The van der Waals surface area contributed by atoms with E-state index in [0.29, 0.717) is 18.7 Å². The monoisotopic (exact) mass is 272 g/mol. The van der Waals surface area contributed by atoms with Crippen molar-refractivity contribution in [2.45, 2.75) is 27.3 Å². The molecule has 1 aromatic heterocycles. The fourth-order valence-electron chi connectivity index (χ4n) is 1.98. The smallest absolute Gasteiger partial charge is 0.251 e. The van der Waals surface area contributed by atoms with Crippen LogP contribution in [0.5, 0.6) is 0 Å². The summed E-state index contributed by atoms with van der Waals surface area (Å²) in [7, 11) is 0. The Morgan fingerprint density at radius 1 is 1.20 bits per heavy atom. The van der Waals surface area contributed by atoms with Crippen LogP contribution in [0.1, 0.15) is 34.2 Å². The molecule has 2 aromatic rings. The van der Waals surface area contributed by atoms with Crippen molar-refractivity contribution in [3.63, 3.8) is 0 Å². The van der Waals surface area contributed by atoms with E-state index in [1.807, 2.05) is 45.0 Å².